The van der Waals surface area contributed by atoms with Crippen molar-refractivity contribution < 1.29 is 9.13 Å². The van der Waals surface area contributed by atoms with Gasteiger partial charge in [-0.25, -0.2) is 4.39 Å². The number of ether oxygens (including phenoxy) is 1. The van der Waals surface area contributed by atoms with Gasteiger partial charge >= 0.3 is 0 Å². The van der Waals surface area contributed by atoms with Crippen molar-refractivity contribution in [2.45, 2.75) is 39.0 Å². The highest BCUT2D eigenvalue weighted by molar-refractivity contribution is 6.31. The molecule has 29 heavy (non-hydrogen) atoms. The molecule has 5 heteroatoms. The lowest BCUT2D eigenvalue weighted by atomic mass is 10.1. The first kappa shape index (κ1) is 21.6. The monoisotopic (exact) mass is 431 g/mol. The molecule has 3 aromatic rings. The number of hydrogen-bond acceptors (Lipinski definition) is 2. The predicted molar refractivity (Wildman–Crippen MR) is 118 cm³/mol. The van der Waals surface area contributed by atoms with Crippen molar-refractivity contribution in [3.63, 3.8) is 0 Å². The lowest BCUT2D eigenvalue weighted by Crippen LogP contribution is -2.26. The summed E-state index contributed by atoms with van der Waals surface area (Å²) in [5.74, 6) is 0.372. The van der Waals surface area contributed by atoms with E-state index >= 15 is 0 Å². The van der Waals surface area contributed by atoms with Crippen molar-refractivity contribution in [2.24, 2.45) is 0 Å². The molecule has 0 saturated carbocycles. The van der Waals surface area contributed by atoms with Crippen LogP contribution in [0, 0.1) is 5.82 Å². The minimum Gasteiger partial charge on any atom is -0.489 e. The zero-order valence-corrected chi connectivity index (χ0v) is 17.8. The molecular formula is C24H24Cl2FNO. The van der Waals surface area contributed by atoms with Crippen LogP contribution in [0.15, 0.2) is 66.7 Å². The summed E-state index contributed by atoms with van der Waals surface area (Å²) >= 11 is 12.3. The largest absolute Gasteiger partial charge is 0.489 e. The van der Waals surface area contributed by atoms with E-state index in [0.717, 1.165) is 29.7 Å². The third-order valence-corrected chi connectivity index (χ3v) is 5.36. The van der Waals surface area contributed by atoms with Crippen LogP contribution in [0.2, 0.25) is 10.0 Å². The molecule has 0 aliphatic rings. The van der Waals surface area contributed by atoms with Crippen molar-refractivity contribution in [1.29, 1.82) is 0 Å². The summed E-state index contributed by atoms with van der Waals surface area (Å²) in [7, 11) is 0. The molecule has 0 aliphatic heterocycles. The second-order valence-corrected chi connectivity index (χ2v) is 7.93. The van der Waals surface area contributed by atoms with Gasteiger partial charge in [-0.2, -0.15) is 0 Å². The van der Waals surface area contributed by atoms with Gasteiger partial charge in [0.15, 0.2) is 0 Å². The van der Waals surface area contributed by atoms with Gasteiger partial charge in [0.1, 0.15) is 18.2 Å². The summed E-state index contributed by atoms with van der Waals surface area (Å²) in [6, 6.07) is 20.7. The fraction of sp³-hybridized carbons (Fsp3) is 0.250. The molecule has 0 aliphatic carbocycles. The Balaban J connectivity index is 1.58. The molecule has 152 valence electrons. The minimum absolute atomic E-state index is 0.261. The van der Waals surface area contributed by atoms with Crippen LogP contribution in [0.4, 0.5) is 4.39 Å². The third kappa shape index (κ3) is 6.74. The lowest BCUT2D eigenvalue weighted by molar-refractivity contribution is 0.301. The molecule has 0 spiro atoms. The van der Waals surface area contributed by atoms with E-state index in [2.05, 4.69) is 36.5 Å². The number of hydrogen-bond donors (Lipinski definition) is 1. The standard InChI is InChI=1S/C24H24Cl2FNO/c1-17(7-8-18-5-3-2-4-6-18)28-15-20-13-21(25)10-12-24(20)29-16-19-9-11-22(27)14-23(19)26/h2-6,9-14,17,28H,7-8,15-16H2,1H3. The number of nitrogens with one attached hydrogen (secondary N) is 1. The molecule has 2 nitrogen and oxygen atoms in total. The van der Waals surface area contributed by atoms with Crippen molar-refractivity contribution >= 4 is 23.2 Å². The van der Waals surface area contributed by atoms with Crippen molar-refractivity contribution in [2.75, 3.05) is 0 Å². The highest BCUT2D eigenvalue weighted by Gasteiger charge is 2.10. The Kier molecular flexibility index (Phi) is 7.93. The SMILES string of the molecule is CC(CCc1ccccc1)NCc1cc(Cl)ccc1OCc1ccc(F)cc1Cl. The van der Waals surface area contributed by atoms with E-state index in [1.807, 2.05) is 18.2 Å². The highest BCUT2D eigenvalue weighted by atomic mass is 35.5. The molecule has 3 aromatic carbocycles. The van der Waals surface area contributed by atoms with E-state index in [9.17, 15) is 4.39 Å². The smallest absolute Gasteiger partial charge is 0.124 e. The molecule has 3 rings (SSSR count). The third-order valence-electron chi connectivity index (χ3n) is 4.77. The molecule has 0 aromatic heterocycles. The number of benzene rings is 3. The van der Waals surface area contributed by atoms with Gasteiger partial charge in [-0.15, -0.1) is 0 Å². The second kappa shape index (κ2) is 10.6. The average molecular weight is 432 g/mol. The van der Waals surface area contributed by atoms with E-state index in [1.54, 1.807) is 12.1 Å². The molecular weight excluding hydrogens is 408 g/mol. The molecule has 1 unspecified atom stereocenters. The molecule has 0 heterocycles. The Bertz CT molecular complexity index is 933. The molecule has 0 bridgehead atoms. The van der Waals surface area contributed by atoms with E-state index in [4.69, 9.17) is 27.9 Å². The summed E-state index contributed by atoms with van der Waals surface area (Å²) in [6.07, 6.45) is 2.06. The van der Waals surface area contributed by atoms with Crippen molar-refractivity contribution in [3.8, 4) is 5.75 Å². The second-order valence-electron chi connectivity index (χ2n) is 7.08. The molecule has 0 saturated heterocycles. The predicted octanol–water partition coefficient (Wildman–Crippen LogP) is 6.82. The van der Waals surface area contributed by atoms with Crippen LogP contribution in [0.3, 0.4) is 0 Å². The fourth-order valence-corrected chi connectivity index (χ4v) is 3.45. The van der Waals surface area contributed by atoms with Gasteiger partial charge in [-0.1, -0.05) is 59.6 Å². The first-order chi connectivity index (χ1) is 14.0. The molecule has 1 atom stereocenters. The summed E-state index contributed by atoms with van der Waals surface area (Å²) in [5, 5.41) is 4.55. The molecule has 0 radical (unpaired) electrons. The quantitative estimate of drug-likeness (QED) is 0.401. The molecule has 1 N–H and O–H groups in total. The maximum Gasteiger partial charge on any atom is 0.124 e. The van der Waals surface area contributed by atoms with Gasteiger partial charge in [0.25, 0.3) is 0 Å². The van der Waals surface area contributed by atoms with Crippen molar-refractivity contribution in [1.82, 2.24) is 5.32 Å². The lowest BCUT2D eigenvalue weighted by Gasteiger charge is -2.17. The number of rotatable bonds is 9. The van der Waals surface area contributed by atoms with Gasteiger partial charge in [0.05, 0.1) is 5.02 Å². The van der Waals surface area contributed by atoms with Gasteiger partial charge in [-0.05, 0) is 55.7 Å². The Labute approximate surface area is 181 Å². The Morgan fingerprint density at radius 2 is 1.76 bits per heavy atom. The van der Waals surface area contributed by atoms with Crippen LogP contribution in [0.1, 0.15) is 30.0 Å². The summed E-state index contributed by atoms with van der Waals surface area (Å²) < 4.78 is 19.2. The van der Waals surface area contributed by atoms with E-state index in [0.29, 0.717) is 22.6 Å². The first-order valence-electron chi connectivity index (χ1n) is 9.63. The van der Waals surface area contributed by atoms with Crippen LogP contribution >= 0.6 is 23.2 Å². The van der Waals surface area contributed by atoms with Gasteiger partial charge in [-0.3, -0.25) is 0 Å². The minimum atomic E-state index is -0.361. The average Bonchev–Trinajstić information content (AvgIpc) is 2.72. The zero-order valence-electron chi connectivity index (χ0n) is 16.3. The van der Waals surface area contributed by atoms with Crippen LogP contribution in [0.5, 0.6) is 5.75 Å². The number of aryl methyl sites for hydroxylation is 1. The van der Waals surface area contributed by atoms with Crippen molar-refractivity contribution in [3.05, 3.63) is 99.3 Å². The van der Waals surface area contributed by atoms with Crippen LogP contribution in [-0.4, -0.2) is 6.04 Å². The van der Waals surface area contributed by atoms with Crippen LogP contribution in [0.25, 0.3) is 0 Å². The maximum absolute atomic E-state index is 13.2. The number of halogens is 3. The van der Waals surface area contributed by atoms with E-state index in [1.165, 1.54) is 17.7 Å². The normalized spacial score (nSPS) is 12.0. The van der Waals surface area contributed by atoms with Crippen LogP contribution < -0.4 is 10.1 Å². The van der Waals surface area contributed by atoms with Gasteiger partial charge in [0.2, 0.25) is 0 Å². The Hall–Kier alpha value is -2.07. The Morgan fingerprint density at radius 1 is 0.966 bits per heavy atom. The Morgan fingerprint density at radius 3 is 2.52 bits per heavy atom. The summed E-state index contributed by atoms with van der Waals surface area (Å²) in [5.41, 5.74) is 3.05. The summed E-state index contributed by atoms with van der Waals surface area (Å²) in [6.45, 7) is 3.08. The summed E-state index contributed by atoms with van der Waals surface area (Å²) in [4.78, 5) is 0. The van der Waals surface area contributed by atoms with Gasteiger partial charge in [0, 0.05) is 28.7 Å². The zero-order chi connectivity index (χ0) is 20.6. The maximum atomic E-state index is 13.2. The van der Waals surface area contributed by atoms with Crippen LogP contribution in [-0.2, 0) is 19.6 Å². The molecule has 0 amide bonds. The topological polar surface area (TPSA) is 21.3 Å². The first-order valence-corrected chi connectivity index (χ1v) is 10.4. The van der Waals surface area contributed by atoms with Gasteiger partial charge < -0.3 is 10.1 Å². The highest BCUT2D eigenvalue weighted by Crippen LogP contribution is 2.26. The molecule has 0 fully saturated rings. The van der Waals surface area contributed by atoms with E-state index in [-0.39, 0.29) is 12.4 Å². The fourth-order valence-electron chi connectivity index (χ4n) is 3.04. The van der Waals surface area contributed by atoms with E-state index < -0.39 is 0 Å².